The van der Waals surface area contributed by atoms with Crippen LogP contribution in [-0.4, -0.2) is 40.0 Å². The standard InChI is InChI=1S/C23H22N4O5S/c1-13-4-6-16-17(9-13)25-22(30)26(21(16)29)8-2-3-15-11-27(23(31)32-15)14-5-7-19-18(10-14)24-20(28)12-33-19/h4-7,9-10,15H,2-3,8,11-12H2,1H3,(H,24,28)(H,25,30). The highest BCUT2D eigenvalue weighted by Crippen LogP contribution is 2.35. The van der Waals surface area contributed by atoms with Crippen LogP contribution in [0.25, 0.3) is 10.9 Å². The van der Waals surface area contributed by atoms with E-state index in [1.807, 2.05) is 25.1 Å². The predicted molar refractivity (Wildman–Crippen MR) is 126 cm³/mol. The van der Waals surface area contributed by atoms with Crippen molar-refractivity contribution in [2.24, 2.45) is 0 Å². The molecule has 3 heterocycles. The lowest BCUT2D eigenvalue weighted by molar-refractivity contribution is -0.113. The Morgan fingerprint density at radius 1 is 1.12 bits per heavy atom. The Morgan fingerprint density at radius 2 is 1.97 bits per heavy atom. The van der Waals surface area contributed by atoms with E-state index in [0.717, 1.165) is 10.5 Å². The summed E-state index contributed by atoms with van der Waals surface area (Å²) < 4.78 is 6.69. The van der Waals surface area contributed by atoms with Gasteiger partial charge in [0, 0.05) is 17.1 Å². The van der Waals surface area contributed by atoms with Crippen molar-refractivity contribution in [3.63, 3.8) is 0 Å². The van der Waals surface area contributed by atoms with E-state index in [4.69, 9.17) is 4.74 Å². The molecule has 2 amide bonds. The summed E-state index contributed by atoms with van der Waals surface area (Å²) in [6.07, 6.45) is 0.210. The quantitative estimate of drug-likeness (QED) is 0.598. The highest BCUT2D eigenvalue weighted by molar-refractivity contribution is 8.00. The average Bonchev–Trinajstić information content (AvgIpc) is 3.15. The van der Waals surface area contributed by atoms with E-state index in [2.05, 4.69) is 10.3 Å². The third-order valence-corrected chi connectivity index (χ3v) is 6.90. The fraction of sp³-hybridized carbons (Fsp3) is 0.304. The molecule has 10 heteroatoms. The Hall–Kier alpha value is -3.53. The first-order valence-electron chi connectivity index (χ1n) is 10.7. The lowest BCUT2D eigenvalue weighted by atomic mass is 10.1. The molecule has 0 bridgehead atoms. The molecule has 2 aromatic carbocycles. The molecule has 0 saturated carbocycles. The molecule has 2 aliphatic rings. The number of amides is 2. The van der Waals surface area contributed by atoms with Crippen LogP contribution in [0.15, 0.2) is 50.9 Å². The molecule has 3 aromatic rings. The summed E-state index contributed by atoms with van der Waals surface area (Å²) in [5, 5.41) is 3.29. The number of cyclic esters (lactones) is 1. The molecule has 1 saturated heterocycles. The minimum atomic E-state index is -0.453. The minimum Gasteiger partial charge on any atom is -0.444 e. The second-order valence-corrected chi connectivity index (χ2v) is 9.23. The van der Waals surface area contributed by atoms with Gasteiger partial charge in [0.05, 0.1) is 28.9 Å². The number of aromatic amines is 1. The highest BCUT2D eigenvalue weighted by Gasteiger charge is 2.32. The maximum absolute atomic E-state index is 12.7. The largest absolute Gasteiger partial charge is 0.444 e. The number of carbonyl (C=O) groups excluding carboxylic acids is 2. The topological polar surface area (TPSA) is 114 Å². The molecule has 1 aromatic heterocycles. The van der Waals surface area contributed by atoms with Crippen LogP contribution in [-0.2, 0) is 16.1 Å². The zero-order chi connectivity index (χ0) is 23.1. The third-order valence-electron chi connectivity index (χ3n) is 5.83. The van der Waals surface area contributed by atoms with Crippen molar-refractivity contribution in [2.45, 2.75) is 37.3 Å². The normalized spacial score (nSPS) is 17.7. The summed E-state index contributed by atoms with van der Waals surface area (Å²) in [5.41, 5.74) is 2.06. The predicted octanol–water partition coefficient (Wildman–Crippen LogP) is 2.85. The van der Waals surface area contributed by atoms with Crippen LogP contribution >= 0.6 is 11.8 Å². The number of rotatable bonds is 5. The number of benzene rings is 2. The van der Waals surface area contributed by atoms with Crippen LogP contribution in [0.5, 0.6) is 0 Å². The molecule has 1 atom stereocenters. The first kappa shape index (κ1) is 21.3. The number of ether oxygens (including phenoxy) is 1. The fourth-order valence-corrected chi connectivity index (χ4v) is 4.96. The molecular formula is C23H22N4O5S. The van der Waals surface area contributed by atoms with Crippen molar-refractivity contribution in [1.82, 2.24) is 9.55 Å². The van der Waals surface area contributed by atoms with Crippen molar-refractivity contribution < 1.29 is 14.3 Å². The maximum atomic E-state index is 12.7. The van der Waals surface area contributed by atoms with E-state index < -0.39 is 11.8 Å². The minimum absolute atomic E-state index is 0.0689. The maximum Gasteiger partial charge on any atom is 0.414 e. The number of aryl methyl sites for hydroxylation is 1. The molecule has 170 valence electrons. The van der Waals surface area contributed by atoms with E-state index >= 15 is 0 Å². The number of hydrogen-bond acceptors (Lipinski definition) is 6. The van der Waals surface area contributed by atoms with Gasteiger partial charge in [0.25, 0.3) is 5.56 Å². The van der Waals surface area contributed by atoms with E-state index in [0.29, 0.717) is 47.4 Å². The third kappa shape index (κ3) is 4.13. The van der Waals surface area contributed by atoms with Gasteiger partial charge in [-0.05, 0) is 55.7 Å². The lowest BCUT2D eigenvalue weighted by Crippen LogP contribution is -2.35. The van der Waals surface area contributed by atoms with E-state index in [9.17, 15) is 19.2 Å². The summed E-state index contributed by atoms with van der Waals surface area (Å²) in [7, 11) is 0. The number of thioether (sulfide) groups is 1. The molecular weight excluding hydrogens is 444 g/mol. The van der Waals surface area contributed by atoms with Gasteiger partial charge in [0.15, 0.2) is 0 Å². The molecule has 9 nitrogen and oxygen atoms in total. The number of hydrogen-bond donors (Lipinski definition) is 2. The molecule has 0 aliphatic carbocycles. The average molecular weight is 467 g/mol. The van der Waals surface area contributed by atoms with Gasteiger partial charge in [-0.1, -0.05) is 6.07 Å². The molecule has 1 fully saturated rings. The number of nitrogens with one attached hydrogen (secondary N) is 2. The number of carbonyl (C=O) groups is 2. The van der Waals surface area contributed by atoms with Crippen LogP contribution in [0.1, 0.15) is 18.4 Å². The smallest absolute Gasteiger partial charge is 0.414 e. The molecule has 33 heavy (non-hydrogen) atoms. The number of nitrogens with zero attached hydrogens (tertiary/aromatic N) is 2. The highest BCUT2D eigenvalue weighted by atomic mass is 32.2. The van der Waals surface area contributed by atoms with Crippen LogP contribution < -0.4 is 21.5 Å². The van der Waals surface area contributed by atoms with Crippen molar-refractivity contribution in [3.05, 3.63) is 62.8 Å². The molecule has 0 radical (unpaired) electrons. The Balaban J connectivity index is 1.25. The SMILES string of the molecule is Cc1ccc2c(=O)n(CCCC3CN(c4ccc5c(c4)NC(=O)CS5)C(=O)O3)c(=O)[nH]c2c1. The number of fused-ring (bicyclic) bond motifs is 2. The fourth-order valence-electron chi connectivity index (χ4n) is 4.17. The van der Waals surface area contributed by atoms with E-state index in [1.165, 1.54) is 21.2 Å². The monoisotopic (exact) mass is 466 g/mol. The zero-order valence-electron chi connectivity index (χ0n) is 17.9. The molecule has 5 rings (SSSR count). The lowest BCUT2D eigenvalue weighted by Gasteiger charge is -2.20. The van der Waals surface area contributed by atoms with Gasteiger partial charge in [0.1, 0.15) is 6.10 Å². The Morgan fingerprint density at radius 3 is 2.82 bits per heavy atom. The molecule has 1 unspecified atom stereocenters. The second kappa shape index (κ2) is 8.43. The van der Waals surface area contributed by atoms with Crippen LogP contribution in [0.3, 0.4) is 0 Å². The molecule has 2 aliphatic heterocycles. The summed E-state index contributed by atoms with van der Waals surface area (Å²) in [4.78, 5) is 54.5. The molecule has 2 N–H and O–H groups in total. The summed E-state index contributed by atoms with van der Waals surface area (Å²) >= 11 is 1.46. The molecule has 0 spiro atoms. The summed E-state index contributed by atoms with van der Waals surface area (Å²) in [6, 6.07) is 10.8. The van der Waals surface area contributed by atoms with Gasteiger partial charge in [-0.3, -0.25) is 19.1 Å². The van der Waals surface area contributed by atoms with Gasteiger partial charge in [0.2, 0.25) is 5.91 Å². The van der Waals surface area contributed by atoms with Gasteiger partial charge in [-0.2, -0.15) is 0 Å². The second-order valence-electron chi connectivity index (χ2n) is 8.21. The van der Waals surface area contributed by atoms with Crippen molar-refractivity contribution in [2.75, 3.05) is 22.5 Å². The van der Waals surface area contributed by atoms with Crippen molar-refractivity contribution in [3.8, 4) is 0 Å². The van der Waals surface area contributed by atoms with Gasteiger partial charge < -0.3 is 15.0 Å². The van der Waals surface area contributed by atoms with Gasteiger partial charge >= 0.3 is 11.8 Å². The summed E-state index contributed by atoms with van der Waals surface area (Å²) in [6.45, 7) is 2.49. The van der Waals surface area contributed by atoms with Crippen LogP contribution in [0.4, 0.5) is 16.2 Å². The summed E-state index contributed by atoms with van der Waals surface area (Å²) in [5.74, 6) is 0.309. The zero-order valence-corrected chi connectivity index (χ0v) is 18.7. The Labute approximate surface area is 192 Å². The van der Waals surface area contributed by atoms with E-state index in [1.54, 1.807) is 18.2 Å². The Kier molecular flexibility index (Phi) is 5.45. The van der Waals surface area contributed by atoms with Crippen molar-refractivity contribution >= 4 is 46.0 Å². The Bertz CT molecular complexity index is 1400. The van der Waals surface area contributed by atoms with Gasteiger partial charge in [-0.25, -0.2) is 9.59 Å². The first-order chi connectivity index (χ1) is 15.9. The number of anilines is 2. The van der Waals surface area contributed by atoms with E-state index in [-0.39, 0.29) is 24.1 Å². The number of aromatic nitrogens is 2. The van der Waals surface area contributed by atoms with Crippen LogP contribution in [0, 0.1) is 6.92 Å². The van der Waals surface area contributed by atoms with Crippen molar-refractivity contribution in [1.29, 1.82) is 0 Å². The van der Waals surface area contributed by atoms with Gasteiger partial charge in [-0.15, -0.1) is 11.8 Å². The number of H-pyrrole nitrogens is 1. The van der Waals surface area contributed by atoms with Crippen LogP contribution in [0.2, 0.25) is 0 Å². The first-order valence-corrected chi connectivity index (χ1v) is 11.7.